The van der Waals surface area contributed by atoms with Gasteiger partial charge in [0.2, 0.25) is 0 Å². The molecule has 1 heterocycles. The first kappa shape index (κ1) is 12.4. The van der Waals surface area contributed by atoms with Gasteiger partial charge >= 0.3 is 0 Å². The standard InChI is InChI=1S/C13H12BrClN2/c1-8-4-5-17-13(16)11(8)6-9-2-3-10(14)7-12(9)15/h2-5,7H,6H2,1H3,(H2,16,17). The van der Waals surface area contributed by atoms with E-state index >= 15 is 0 Å². The quantitative estimate of drug-likeness (QED) is 0.911. The maximum Gasteiger partial charge on any atom is 0.127 e. The fourth-order valence-electron chi connectivity index (χ4n) is 1.70. The Labute approximate surface area is 114 Å². The molecular weight excluding hydrogens is 300 g/mol. The summed E-state index contributed by atoms with van der Waals surface area (Å²) < 4.78 is 0.974. The number of aryl methyl sites for hydroxylation is 1. The minimum atomic E-state index is 0.573. The number of nitrogens with zero attached hydrogens (tertiary/aromatic N) is 1. The van der Waals surface area contributed by atoms with Crippen molar-refractivity contribution in [1.82, 2.24) is 4.98 Å². The van der Waals surface area contributed by atoms with E-state index in [9.17, 15) is 0 Å². The van der Waals surface area contributed by atoms with Gasteiger partial charge in [-0.15, -0.1) is 0 Å². The first-order valence-corrected chi connectivity index (χ1v) is 6.39. The van der Waals surface area contributed by atoms with Crippen molar-refractivity contribution in [2.45, 2.75) is 13.3 Å². The highest BCUT2D eigenvalue weighted by Gasteiger charge is 2.08. The molecule has 2 nitrogen and oxygen atoms in total. The summed E-state index contributed by atoms with van der Waals surface area (Å²) in [7, 11) is 0. The monoisotopic (exact) mass is 310 g/mol. The van der Waals surface area contributed by atoms with Crippen LogP contribution in [0.1, 0.15) is 16.7 Å². The zero-order chi connectivity index (χ0) is 12.4. The maximum atomic E-state index is 6.19. The summed E-state index contributed by atoms with van der Waals surface area (Å²) in [5.41, 5.74) is 9.11. The van der Waals surface area contributed by atoms with E-state index in [2.05, 4.69) is 20.9 Å². The van der Waals surface area contributed by atoms with Crippen molar-refractivity contribution in [3.8, 4) is 0 Å². The van der Waals surface area contributed by atoms with Gasteiger partial charge < -0.3 is 5.73 Å². The smallest absolute Gasteiger partial charge is 0.127 e. The number of hydrogen-bond acceptors (Lipinski definition) is 2. The molecule has 2 N–H and O–H groups in total. The first-order chi connectivity index (χ1) is 8.08. The van der Waals surface area contributed by atoms with Crippen LogP contribution in [0.15, 0.2) is 34.9 Å². The SMILES string of the molecule is Cc1ccnc(N)c1Cc1ccc(Br)cc1Cl. The van der Waals surface area contributed by atoms with E-state index in [4.69, 9.17) is 17.3 Å². The largest absolute Gasteiger partial charge is 0.383 e. The van der Waals surface area contributed by atoms with Gasteiger partial charge in [-0.3, -0.25) is 0 Å². The molecule has 0 aliphatic rings. The summed E-state index contributed by atoms with van der Waals surface area (Å²) in [5, 5.41) is 0.738. The van der Waals surface area contributed by atoms with Crippen LogP contribution in [0.3, 0.4) is 0 Å². The molecule has 1 aromatic carbocycles. The molecule has 2 aromatic rings. The molecule has 0 atom stereocenters. The Morgan fingerprint density at radius 2 is 2.12 bits per heavy atom. The zero-order valence-corrected chi connectivity index (χ0v) is 11.7. The van der Waals surface area contributed by atoms with Crippen LogP contribution in [0.4, 0.5) is 5.82 Å². The number of halogens is 2. The van der Waals surface area contributed by atoms with Crippen LogP contribution < -0.4 is 5.73 Å². The van der Waals surface area contributed by atoms with Gasteiger partial charge in [-0.1, -0.05) is 33.6 Å². The van der Waals surface area contributed by atoms with E-state index in [1.807, 2.05) is 31.2 Å². The molecule has 0 bridgehead atoms. The number of hydrogen-bond donors (Lipinski definition) is 1. The topological polar surface area (TPSA) is 38.9 Å². The number of aromatic nitrogens is 1. The predicted octanol–water partition coefficient (Wildman–Crippen LogP) is 3.98. The lowest BCUT2D eigenvalue weighted by Crippen LogP contribution is -2.01. The summed E-state index contributed by atoms with van der Waals surface area (Å²) in [6.07, 6.45) is 2.43. The van der Waals surface area contributed by atoms with Gasteiger partial charge in [-0.25, -0.2) is 4.98 Å². The molecule has 17 heavy (non-hydrogen) atoms. The maximum absolute atomic E-state index is 6.19. The van der Waals surface area contributed by atoms with E-state index in [1.165, 1.54) is 0 Å². The van der Waals surface area contributed by atoms with Crippen LogP contribution in [-0.2, 0) is 6.42 Å². The Morgan fingerprint density at radius 1 is 1.35 bits per heavy atom. The van der Waals surface area contributed by atoms with Crippen molar-refractivity contribution < 1.29 is 0 Å². The van der Waals surface area contributed by atoms with Crippen LogP contribution in [0.2, 0.25) is 5.02 Å². The van der Waals surface area contributed by atoms with E-state index < -0.39 is 0 Å². The van der Waals surface area contributed by atoms with Gasteiger partial charge in [0.1, 0.15) is 5.82 Å². The van der Waals surface area contributed by atoms with E-state index in [0.717, 1.165) is 26.2 Å². The molecule has 0 spiro atoms. The highest BCUT2D eigenvalue weighted by Crippen LogP contribution is 2.26. The number of nitrogen functional groups attached to an aromatic ring is 1. The second-order valence-electron chi connectivity index (χ2n) is 3.90. The third kappa shape index (κ3) is 2.79. The molecule has 0 saturated heterocycles. The Hall–Kier alpha value is -1.06. The minimum Gasteiger partial charge on any atom is -0.383 e. The highest BCUT2D eigenvalue weighted by molar-refractivity contribution is 9.10. The van der Waals surface area contributed by atoms with Crippen molar-refractivity contribution >= 4 is 33.3 Å². The summed E-state index contributed by atoms with van der Waals surface area (Å²) in [6, 6.07) is 7.82. The van der Waals surface area contributed by atoms with Gasteiger partial charge in [-0.2, -0.15) is 0 Å². The minimum absolute atomic E-state index is 0.573. The normalized spacial score (nSPS) is 10.5. The second-order valence-corrected chi connectivity index (χ2v) is 5.23. The lowest BCUT2D eigenvalue weighted by atomic mass is 10.0. The predicted molar refractivity (Wildman–Crippen MR) is 75.3 cm³/mol. The fourth-order valence-corrected chi connectivity index (χ4v) is 2.44. The highest BCUT2D eigenvalue weighted by atomic mass is 79.9. The Morgan fingerprint density at radius 3 is 2.76 bits per heavy atom. The van der Waals surface area contributed by atoms with Crippen molar-refractivity contribution in [3.63, 3.8) is 0 Å². The van der Waals surface area contributed by atoms with Gasteiger partial charge in [0.05, 0.1) is 0 Å². The molecule has 0 amide bonds. The van der Waals surface area contributed by atoms with Gasteiger partial charge in [0, 0.05) is 27.7 Å². The first-order valence-electron chi connectivity index (χ1n) is 5.22. The number of nitrogens with two attached hydrogens (primary N) is 1. The Balaban J connectivity index is 2.38. The summed E-state index contributed by atoms with van der Waals surface area (Å²) in [5.74, 6) is 0.573. The summed E-state index contributed by atoms with van der Waals surface area (Å²) in [6.45, 7) is 2.03. The molecule has 2 rings (SSSR count). The molecule has 1 aromatic heterocycles. The fraction of sp³-hybridized carbons (Fsp3) is 0.154. The molecule has 0 saturated carbocycles. The molecular formula is C13H12BrClN2. The average Bonchev–Trinajstić information content (AvgIpc) is 2.26. The number of pyridine rings is 1. The molecule has 0 unspecified atom stereocenters. The van der Waals surface area contributed by atoms with Crippen molar-refractivity contribution in [2.75, 3.05) is 5.73 Å². The van der Waals surface area contributed by atoms with E-state index in [0.29, 0.717) is 12.2 Å². The number of anilines is 1. The molecule has 0 aliphatic heterocycles. The van der Waals surface area contributed by atoms with Crippen LogP contribution in [0.25, 0.3) is 0 Å². The zero-order valence-electron chi connectivity index (χ0n) is 9.37. The Kier molecular flexibility index (Phi) is 3.69. The van der Waals surface area contributed by atoms with Crippen LogP contribution >= 0.6 is 27.5 Å². The average molecular weight is 312 g/mol. The van der Waals surface area contributed by atoms with Crippen LogP contribution in [0.5, 0.6) is 0 Å². The van der Waals surface area contributed by atoms with Crippen LogP contribution in [0, 0.1) is 6.92 Å². The van der Waals surface area contributed by atoms with Crippen LogP contribution in [-0.4, -0.2) is 4.98 Å². The van der Waals surface area contributed by atoms with E-state index in [1.54, 1.807) is 6.20 Å². The molecule has 0 radical (unpaired) electrons. The number of rotatable bonds is 2. The lowest BCUT2D eigenvalue weighted by molar-refractivity contribution is 1.12. The second kappa shape index (κ2) is 5.07. The van der Waals surface area contributed by atoms with Crippen molar-refractivity contribution in [3.05, 3.63) is 56.6 Å². The van der Waals surface area contributed by atoms with Gasteiger partial charge in [-0.05, 0) is 36.2 Å². The van der Waals surface area contributed by atoms with Crippen molar-refractivity contribution in [2.24, 2.45) is 0 Å². The molecule has 0 fully saturated rings. The third-order valence-electron chi connectivity index (χ3n) is 2.71. The molecule has 88 valence electrons. The molecule has 0 aliphatic carbocycles. The summed E-state index contributed by atoms with van der Waals surface area (Å²) in [4.78, 5) is 4.11. The summed E-state index contributed by atoms with van der Waals surface area (Å²) >= 11 is 9.58. The van der Waals surface area contributed by atoms with Crippen molar-refractivity contribution in [1.29, 1.82) is 0 Å². The van der Waals surface area contributed by atoms with E-state index in [-0.39, 0.29) is 0 Å². The third-order valence-corrected chi connectivity index (χ3v) is 3.55. The Bertz CT molecular complexity index is 535. The molecule has 4 heteroatoms. The lowest BCUT2D eigenvalue weighted by Gasteiger charge is -2.10. The number of benzene rings is 1. The van der Waals surface area contributed by atoms with Gasteiger partial charge in [0.15, 0.2) is 0 Å². The van der Waals surface area contributed by atoms with Gasteiger partial charge in [0.25, 0.3) is 0 Å².